The van der Waals surface area contributed by atoms with E-state index in [-0.39, 0.29) is 11.9 Å². The Morgan fingerprint density at radius 2 is 2.06 bits per heavy atom. The Bertz CT molecular complexity index is 504. The Labute approximate surface area is 99.8 Å². The van der Waals surface area contributed by atoms with Gasteiger partial charge in [-0.15, -0.1) is 0 Å². The lowest BCUT2D eigenvalue weighted by Crippen LogP contribution is -2.26. The topological polar surface area (TPSA) is 70.9 Å². The second-order valence-electron chi connectivity index (χ2n) is 3.95. The van der Waals surface area contributed by atoms with Gasteiger partial charge >= 0.3 is 0 Å². The molecular formula is C13H15N3O. The van der Waals surface area contributed by atoms with Crippen LogP contribution in [0.2, 0.25) is 0 Å². The highest BCUT2D eigenvalue weighted by Gasteiger charge is 2.12. The lowest BCUT2D eigenvalue weighted by Gasteiger charge is -2.13. The van der Waals surface area contributed by atoms with E-state index < -0.39 is 0 Å². The fourth-order valence-corrected chi connectivity index (χ4v) is 1.64. The first-order valence-corrected chi connectivity index (χ1v) is 5.46. The van der Waals surface area contributed by atoms with E-state index in [2.05, 4.69) is 10.3 Å². The standard InChI is InChI=1S/C13H15N3O/c1-9(10-5-3-2-4-6-10)16-13(17)12-7-11(14)8-15-12/h2-9,15H,14H2,1H3,(H,16,17)/t9-/m1/s1. The van der Waals surface area contributed by atoms with Gasteiger partial charge in [0.05, 0.1) is 6.04 Å². The zero-order valence-corrected chi connectivity index (χ0v) is 9.60. The minimum Gasteiger partial charge on any atom is -0.397 e. The van der Waals surface area contributed by atoms with Gasteiger partial charge in [-0.3, -0.25) is 4.79 Å². The molecule has 1 amide bonds. The van der Waals surface area contributed by atoms with Gasteiger partial charge in [0.25, 0.3) is 5.91 Å². The van der Waals surface area contributed by atoms with Crippen LogP contribution < -0.4 is 11.1 Å². The normalized spacial score (nSPS) is 12.1. The van der Waals surface area contributed by atoms with Crippen LogP contribution in [0.5, 0.6) is 0 Å². The molecular weight excluding hydrogens is 214 g/mol. The number of hydrogen-bond donors (Lipinski definition) is 3. The summed E-state index contributed by atoms with van der Waals surface area (Å²) in [7, 11) is 0. The first-order chi connectivity index (χ1) is 8.16. The maximum atomic E-state index is 11.8. The third-order valence-electron chi connectivity index (χ3n) is 2.60. The predicted molar refractivity (Wildman–Crippen MR) is 67.5 cm³/mol. The lowest BCUT2D eigenvalue weighted by molar-refractivity contribution is 0.0935. The van der Waals surface area contributed by atoms with Gasteiger partial charge in [-0.1, -0.05) is 30.3 Å². The van der Waals surface area contributed by atoms with E-state index in [0.717, 1.165) is 5.56 Å². The molecule has 0 saturated heterocycles. The molecule has 2 aromatic rings. The van der Waals surface area contributed by atoms with E-state index in [9.17, 15) is 4.79 Å². The summed E-state index contributed by atoms with van der Waals surface area (Å²) < 4.78 is 0. The number of H-pyrrole nitrogens is 1. The fourth-order valence-electron chi connectivity index (χ4n) is 1.64. The summed E-state index contributed by atoms with van der Waals surface area (Å²) in [5.74, 6) is -0.155. The number of amides is 1. The van der Waals surface area contributed by atoms with Crippen molar-refractivity contribution < 1.29 is 4.79 Å². The average Bonchev–Trinajstić information content (AvgIpc) is 2.77. The number of nitrogen functional groups attached to an aromatic ring is 1. The molecule has 88 valence electrons. The summed E-state index contributed by atoms with van der Waals surface area (Å²) in [5, 5.41) is 2.90. The second kappa shape index (κ2) is 4.74. The van der Waals surface area contributed by atoms with Crippen molar-refractivity contribution in [3.63, 3.8) is 0 Å². The summed E-state index contributed by atoms with van der Waals surface area (Å²) in [6, 6.07) is 11.4. The highest BCUT2D eigenvalue weighted by molar-refractivity contribution is 5.93. The van der Waals surface area contributed by atoms with E-state index in [1.807, 2.05) is 37.3 Å². The SMILES string of the molecule is C[C@@H](NC(=O)c1cc(N)c[nH]1)c1ccccc1. The number of benzene rings is 1. The molecule has 4 heteroatoms. The minimum atomic E-state index is -0.155. The monoisotopic (exact) mass is 229 g/mol. The maximum absolute atomic E-state index is 11.8. The van der Waals surface area contributed by atoms with Crippen molar-refractivity contribution >= 4 is 11.6 Å². The van der Waals surface area contributed by atoms with Crippen molar-refractivity contribution in [2.45, 2.75) is 13.0 Å². The third-order valence-corrected chi connectivity index (χ3v) is 2.60. The molecule has 0 radical (unpaired) electrons. The van der Waals surface area contributed by atoms with Crippen LogP contribution in [0.1, 0.15) is 29.0 Å². The average molecular weight is 229 g/mol. The molecule has 0 aliphatic rings. The van der Waals surface area contributed by atoms with Crippen LogP contribution in [-0.2, 0) is 0 Å². The predicted octanol–water partition coefficient (Wildman–Crippen LogP) is 2.09. The Morgan fingerprint density at radius 1 is 1.35 bits per heavy atom. The molecule has 0 bridgehead atoms. The first-order valence-electron chi connectivity index (χ1n) is 5.46. The smallest absolute Gasteiger partial charge is 0.268 e. The number of carbonyl (C=O) groups is 1. The largest absolute Gasteiger partial charge is 0.397 e. The number of nitrogens with two attached hydrogens (primary N) is 1. The van der Waals surface area contributed by atoms with Crippen LogP contribution in [0, 0.1) is 0 Å². The number of nitrogens with one attached hydrogen (secondary N) is 2. The highest BCUT2D eigenvalue weighted by atomic mass is 16.1. The molecule has 0 unspecified atom stereocenters. The molecule has 1 aromatic carbocycles. The Balaban J connectivity index is 2.04. The summed E-state index contributed by atoms with van der Waals surface area (Å²) in [6.07, 6.45) is 1.60. The summed E-state index contributed by atoms with van der Waals surface area (Å²) in [5.41, 5.74) is 7.65. The van der Waals surface area contributed by atoms with E-state index in [4.69, 9.17) is 5.73 Å². The molecule has 0 aliphatic carbocycles. The molecule has 4 nitrogen and oxygen atoms in total. The second-order valence-corrected chi connectivity index (χ2v) is 3.95. The van der Waals surface area contributed by atoms with E-state index in [1.54, 1.807) is 12.3 Å². The molecule has 17 heavy (non-hydrogen) atoms. The molecule has 2 rings (SSSR count). The van der Waals surface area contributed by atoms with E-state index in [0.29, 0.717) is 11.4 Å². The van der Waals surface area contributed by atoms with E-state index >= 15 is 0 Å². The van der Waals surface area contributed by atoms with Gasteiger partial charge in [0.15, 0.2) is 0 Å². The number of hydrogen-bond acceptors (Lipinski definition) is 2. The van der Waals surface area contributed by atoms with Crippen LogP contribution >= 0.6 is 0 Å². The molecule has 0 spiro atoms. The van der Waals surface area contributed by atoms with Crippen molar-refractivity contribution in [2.24, 2.45) is 0 Å². The molecule has 1 aromatic heterocycles. The van der Waals surface area contributed by atoms with Gasteiger partial charge in [0.1, 0.15) is 5.69 Å². The van der Waals surface area contributed by atoms with Crippen molar-refractivity contribution in [3.8, 4) is 0 Å². The van der Waals surface area contributed by atoms with Gasteiger partial charge in [-0.2, -0.15) is 0 Å². The molecule has 0 fully saturated rings. The fraction of sp³-hybridized carbons (Fsp3) is 0.154. The first kappa shape index (κ1) is 11.3. The zero-order valence-electron chi connectivity index (χ0n) is 9.60. The highest BCUT2D eigenvalue weighted by Crippen LogP contribution is 2.12. The number of rotatable bonds is 3. The summed E-state index contributed by atoms with van der Waals surface area (Å²) >= 11 is 0. The van der Waals surface area contributed by atoms with Crippen molar-refractivity contribution in [3.05, 3.63) is 53.9 Å². The van der Waals surface area contributed by atoms with Crippen molar-refractivity contribution in [1.29, 1.82) is 0 Å². The molecule has 0 aliphatic heterocycles. The van der Waals surface area contributed by atoms with Gasteiger partial charge in [0.2, 0.25) is 0 Å². The van der Waals surface area contributed by atoms with Crippen LogP contribution in [0.25, 0.3) is 0 Å². The van der Waals surface area contributed by atoms with Gasteiger partial charge in [-0.05, 0) is 18.6 Å². The van der Waals surface area contributed by atoms with Crippen LogP contribution in [0.15, 0.2) is 42.6 Å². The molecule has 4 N–H and O–H groups in total. The maximum Gasteiger partial charge on any atom is 0.268 e. The lowest BCUT2D eigenvalue weighted by atomic mass is 10.1. The number of carbonyl (C=O) groups excluding carboxylic acids is 1. The molecule has 1 heterocycles. The number of aromatic nitrogens is 1. The molecule has 0 saturated carbocycles. The summed E-state index contributed by atoms with van der Waals surface area (Å²) in [4.78, 5) is 14.7. The van der Waals surface area contributed by atoms with Crippen molar-refractivity contribution in [1.82, 2.24) is 10.3 Å². The third kappa shape index (κ3) is 2.66. The van der Waals surface area contributed by atoms with Gasteiger partial charge < -0.3 is 16.0 Å². The number of aromatic amines is 1. The van der Waals surface area contributed by atoms with Crippen LogP contribution in [-0.4, -0.2) is 10.9 Å². The Hall–Kier alpha value is -2.23. The van der Waals surface area contributed by atoms with Gasteiger partial charge in [0, 0.05) is 11.9 Å². The van der Waals surface area contributed by atoms with Crippen LogP contribution in [0.4, 0.5) is 5.69 Å². The van der Waals surface area contributed by atoms with Gasteiger partial charge in [-0.25, -0.2) is 0 Å². The Kier molecular flexibility index (Phi) is 3.14. The van der Waals surface area contributed by atoms with Crippen molar-refractivity contribution in [2.75, 3.05) is 5.73 Å². The summed E-state index contributed by atoms with van der Waals surface area (Å²) in [6.45, 7) is 1.94. The van der Waals surface area contributed by atoms with Crippen LogP contribution in [0.3, 0.4) is 0 Å². The number of anilines is 1. The van der Waals surface area contributed by atoms with E-state index in [1.165, 1.54) is 0 Å². The zero-order chi connectivity index (χ0) is 12.3. The quantitative estimate of drug-likeness (QED) is 0.754. The molecule has 1 atom stereocenters. The minimum absolute atomic E-state index is 0.0341. The Morgan fingerprint density at radius 3 is 2.65 bits per heavy atom.